The molecule has 1 amide bonds. The predicted molar refractivity (Wildman–Crippen MR) is 115 cm³/mol. The Labute approximate surface area is 193 Å². The van der Waals surface area contributed by atoms with E-state index in [1.807, 2.05) is 4.72 Å². The van der Waals surface area contributed by atoms with E-state index in [9.17, 15) is 36.0 Å². The van der Waals surface area contributed by atoms with Gasteiger partial charge < -0.3 is 10.1 Å². The van der Waals surface area contributed by atoms with Crippen LogP contribution in [-0.2, 0) is 27.5 Å². The molecule has 0 radical (unpaired) electrons. The second-order valence-electron chi connectivity index (χ2n) is 7.29. The van der Waals surface area contributed by atoms with Gasteiger partial charge in [0, 0.05) is 18.2 Å². The monoisotopic (exact) mass is 500 g/mol. The summed E-state index contributed by atoms with van der Waals surface area (Å²) in [6.45, 7) is 3.00. The van der Waals surface area contributed by atoms with Crippen LogP contribution in [0.2, 0.25) is 0 Å². The summed E-state index contributed by atoms with van der Waals surface area (Å²) in [7, 11) is -3.82. The molecule has 0 saturated carbocycles. The zero-order chi connectivity index (χ0) is 25.7. The Morgan fingerprint density at radius 1 is 1.29 bits per heavy atom. The number of sulfonamides is 1. The van der Waals surface area contributed by atoms with Gasteiger partial charge in [0.1, 0.15) is 23.3 Å². The van der Waals surface area contributed by atoms with E-state index in [-0.39, 0.29) is 29.1 Å². The molecule has 1 aromatic carbocycles. The van der Waals surface area contributed by atoms with Gasteiger partial charge in [-0.15, -0.1) is 0 Å². The second kappa shape index (κ2) is 10.5. The quantitative estimate of drug-likeness (QED) is 0.422. The number of nitriles is 1. The molecule has 0 saturated heterocycles. The van der Waals surface area contributed by atoms with Gasteiger partial charge in [0.2, 0.25) is 21.8 Å². The van der Waals surface area contributed by atoms with E-state index >= 15 is 0 Å². The van der Waals surface area contributed by atoms with Crippen LogP contribution in [0.25, 0.3) is 6.08 Å². The Hall–Kier alpha value is -3.66. The number of ether oxygens (including phenoxy) is 1. The molecule has 8 nitrogen and oxygen atoms in total. The maximum atomic E-state index is 14.3. The van der Waals surface area contributed by atoms with Crippen molar-refractivity contribution in [3.63, 3.8) is 0 Å². The average Bonchev–Trinajstić information content (AvgIpc) is 2.70. The molecular weight excluding hydrogens is 480 g/mol. The van der Waals surface area contributed by atoms with Gasteiger partial charge in [0.15, 0.2) is 0 Å². The van der Waals surface area contributed by atoms with Gasteiger partial charge in [-0.2, -0.15) is 18.4 Å². The van der Waals surface area contributed by atoms with Crippen molar-refractivity contribution in [1.29, 1.82) is 5.26 Å². The number of carbonyl (C=O) groups is 1. The Kier molecular flexibility index (Phi) is 8.22. The summed E-state index contributed by atoms with van der Waals surface area (Å²) in [5, 5.41) is 11.6. The van der Waals surface area contributed by atoms with Crippen molar-refractivity contribution < 1.29 is 35.5 Å². The smallest absolute Gasteiger partial charge is 0.433 e. The minimum atomic E-state index is -4.67. The normalized spacial score (nSPS) is 12.0. The molecule has 2 aromatic rings. The van der Waals surface area contributed by atoms with E-state index in [4.69, 9.17) is 4.74 Å². The molecule has 34 heavy (non-hydrogen) atoms. The predicted octanol–water partition coefficient (Wildman–Crippen LogP) is 3.60. The molecule has 0 unspecified atom stereocenters. The number of halogens is 4. The molecule has 0 bridgehead atoms. The molecule has 0 spiro atoms. The summed E-state index contributed by atoms with van der Waals surface area (Å²) in [6.07, 6.45) is -2.10. The molecule has 2 N–H and O–H groups in total. The third-order valence-electron chi connectivity index (χ3n) is 3.97. The SMILES string of the molecule is CC(C)Oc1nc(C(F)(F)F)ccc1C=CC(=O)NCc1cc(F)c(NS(C)(=O)=O)c(C#N)c1. The zero-order valence-electron chi connectivity index (χ0n) is 18.2. The number of anilines is 1. The third-order valence-corrected chi connectivity index (χ3v) is 4.54. The Bertz CT molecular complexity index is 1250. The number of hydrogen-bond acceptors (Lipinski definition) is 6. The molecule has 1 heterocycles. The van der Waals surface area contributed by atoms with Crippen molar-refractivity contribution >= 4 is 27.7 Å². The molecule has 0 atom stereocenters. The highest BCUT2D eigenvalue weighted by Gasteiger charge is 2.33. The van der Waals surface area contributed by atoms with Crippen LogP contribution in [0.5, 0.6) is 5.88 Å². The Morgan fingerprint density at radius 3 is 2.53 bits per heavy atom. The number of alkyl halides is 3. The summed E-state index contributed by atoms with van der Waals surface area (Å²) < 4.78 is 83.0. The molecule has 2 rings (SSSR count). The number of carbonyl (C=O) groups excluding carboxylic acids is 1. The number of pyridine rings is 1. The minimum Gasteiger partial charge on any atom is -0.475 e. The van der Waals surface area contributed by atoms with Crippen molar-refractivity contribution in [2.24, 2.45) is 0 Å². The molecule has 1 aromatic heterocycles. The van der Waals surface area contributed by atoms with Gasteiger partial charge in [0.25, 0.3) is 0 Å². The van der Waals surface area contributed by atoms with Crippen LogP contribution in [0, 0.1) is 17.1 Å². The minimum absolute atomic E-state index is 0.130. The largest absolute Gasteiger partial charge is 0.475 e. The molecular formula is C21H20F4N4O4S. The summed E-state index contributed by atoms with van der Waals surface area (Å²) in [5.74, 6) is -1.98. The number of nitrogens with one attached hydrogen (secondary N) is 2. The van der Waals surface area contributed by atoms with Gasteiger partial charge in [0.05, 0.1) is 17.9 Å². The summed E-state index contributed by atoms with van der Waals surface area (Å²) >= 11 is 0. The van der Waals surface area contributed by atoms with Crippen LogP contribution in [-0.4, -0.2) is 31.7 Å². The Balaban J connectivity index is 2.17. The van der Waals surface area contributed by atoms with Crippen LogP contribution in [0.4, 0.5) is 23.2 Å². The van der Waals surface area contributed by atoms with Gasteiger partial charge in [-0.1, -0.05) is 0 Å². The van der Waals surface area contributed by atoms with E-state index in [0.29, 0.717) is 0 Å². The molecule has 182 valence electrons. The summed E-state index contributed by atoms with van der Waals surface area (Å²) in [4.78, 5) is 15.6. The van der Waals surface area contributed by atoms with E-state index in [2.05, 4.69) is 10.3 Å². The van der Waals surface area contributed by atoms with Crippen molar-refractivity contribution in [3.05, 3.63) is 58.5 Å². The van der Waals surface area contributed by atoms with Crippen LogP contribution in [0.15, 0.2) is 30.3 Å². The second-order valence-corrected chi connectivity index (χ2v) is 9.04. The van der Waals surface area contributed by atoms with E-state index in [1.54, 1.807) is 19.9 Å². The maximum absolute atomic E-state index is 14.3. The fourth-order valence-electron chi connectivity index (χ4n) is 2.61. The molecule has 0 aliphatic carbocycles. The number of amides is 1. The van der Waals surface area contributed by atoms with Crippen molar-refractivity contribution in [2.45, 2.75) is 32.7 Å². The van der Waals surface area contributed by atoms with E-state index in [0.717, 1.165) is 30.5 Å². The lowest BCUT2D eigenvalue weighted by atomic mass is 10.1. The highest BCUT2D eigenvalue weighted by atomic mass is 32.2. The molecule has 0 aliphatic heterocycles. The average molecular weight is 500 g/mol. The number of aromatic nitrogens is 1. The fourth-order valence-corrected chi connectivity index (χ4v) is 3.19. The number of rotatable bonds is 8. The zero-order valence-corrected chi connectivity index (χ0v) is 19.0. The van der Waals surface area contributed by atoms with Crippen LogP contribution >= 0.6 is 0 Å². The lowest BCUT2D eigenvalue weighted by Crippen LogP contribution is -2.21. The van der Waals surface area contributed by atoms with Crippen molar-refractivity contribution in [1.82, 2.24) is 10.3 Å². The highest BCUT2D eigenvalue weighted by molar-refractivity contribution is 7.92. The van der Waals surface area contributed by atoms with Crippen LogP contribution in [0.3, 0.4) is 0 Å². The van der Waals surface area contributed by atoms with Crippen molar-refractivity contribution in [3.8, 4) is 11.9 Å². The third kappa shape index (κ3) is 7.73. The summed E-state index contributed by atoms with van der Waals surface area (Å²) in [5.41, 5.74) is -1.63. The lowest BCUT2D eigenvalue weighted by molar-refractivity contribution is -0.141. The molecule has 13 heteroatoms. The maximum Gasteiger partial charge on any atom is 0.433 e. The topological polar surface area (TPSA) is 121 Å². The first-order valence-electron chi connectivity index (χ1n) is 9.60. The van der Waals surface area contributed by atoms with Crippen molar-refractivity contribution in [2.75, 3.05) is 11.0 Å². The number of nitrogens with zero attached hydrogens (tertiary/aromatic N) is 2. The first kappa shape index (κ1) is 26.6. The van der Waals surface area contributed by atoms with Gasteiger partial charge >= 0.3 is 6.18 Å². The lowest BCUT2D eigenvalue weighted by Gasteiger charge is -2.14. The highest BCUT2D eigenvalue weighted by Crippen LogP contribution is 2.31. The van der Waals surface area contributed by atoms with Gasteiger partial charge in [-0.25, -0.2) is 17.8 Å². The first-order chi connectivity index (χ1) is 15.7. The van der Waals surface area contributed by atoms with E-state index < -0.39 is 45.4 Å². The van der Waals surface area contributed by atoms with Crippen LogP contribution in [0.1, 0.15) is 36.2 Å². The fraction of sp³-hybridized carbons (Fsp3) is 0.286. The van der Waals surface area contributed by atoms with E-state index in [1.165, 1.54) is 12.1 Å². The molecule has 0 aliphatic rings. The number of hydrogen-bond donors (Lipinski definition) is 2. The molecule has 0 fully saturated rings. The first-order valence-corrected chi connectivity index (χ1v) is 11.5. The van der Waals surface area contributed by atoms with Gasteiger partial charge in [-0.3, -0.25) is 9.52 Å². The standard InChI is InChI=1S/C21H20F4N4O4S/c1-12(2)33-20-14(4-6-17(28-20)21(23,24)25)5-7-18(30)27-11-13-8-15(10-26)19(16(22)9-13)29-34(3,31)32/h4-9,12,29H,11H2,1-3H3,(H,27,30). The number of benzene rings is 1. The summed E-state index contributed by atoms with van der Waals surface area (Å²) in [6, 6.07) is 5.69. The van der Waals surface area contributed by atoms with Gasteiger partial charge in [-0.05, 0) is 49.8 Å². The van der Waals surface area contributed by atoms with Crippen LogP contribution < -0.4 is 14.8 Å². The Morgan fingerprint density at radius 2 is 1.97 bits per heavy atom.